The summed E-state index contributed by atoms with van der Waals surface area (Å²) in [5.74, 6) is -0.0329. The number of carbonyl (C=O) groups excluding carboxylic acids is 1. The van der Waals surface area contributed by atoms with Crippen molar-refractivity contribution in [3.05, 3.63) is 50.5 Å². The summed E-state index contributed by atoms with van der Waals surface area (Å²) in [5.41, 5.74) is 3.63. The molecule has 7 nitrogen and oxygen atoms in total. The molecule has 3 aromatic heterocycles. The fourth-order valence-electron chi connectivity index (χ4n) is 3.25. The molecule has 0 spiro atoms. The Morgan fingerprint density at radius 3 is 3.04 bits per heavy atom. The Hall–Kier alpha value is -2.48. The number of carbonyl (C=O) groups is 1. The number of aryl methyl sites for hydroxylation is 1. The number of amides is 1. The lowest BCUT2D eigenvalue weighted by molar-refractivity contribution is 0.0611. The molecule has 1 aliphatic heterocycles. The van der Waals surface area contributed by atoms with E-state index in [2.05, 4.69) is 15.1 Å². The minimum atomic E-state index is -0.166. The quantitative estimate of drug-likeness (QED) is 0.773. The van der Waals surface area contributed by atoms with Gasteiger partial charge < -0.3 is 4.90 Å². The predicted molar refractivity (Wildman–Crippen MR) is 90.3 cm³/mol. The van der Waals surface area contributed by atoms with Gasteiger partial charge in [-0.25, -0.2) is 9.50 Å². The van der Waals surface area contributed by atoms with E-state index in [0.717, 1.165) is 25.0 Å². The van der Waals surface area contributed by atoms with Gasteiger partial charge in [0.2, 0.25) is 0 Å². The summed E-state index contributed by atoms with van der Waals surface area (Å²) in [4.78, 5) is 36.2. The number of H-pyrrole nitrogens is 1. The van der Waals surface area contributed by atoms with E-state index < -0.39 is 0 Å². The van der Waals surface area contributed by atoms with Crippen LogP contribution in [0.3, 0.4) is 0 Å². The van der Waals surface area contributed by atoms with Crippen molar-refractivity contribution in [2.75, 3.05) is 6.54 Å². The molecule has 124 valence electrons. The second-order valence-electron chi connectivity index (χ2n) is 6.03. The van der Waals surface area contributed by atoms with E-state index in [1.807, 2.05) is 17.9 Å². The molecule has 1 aliphatic rings. The van der Waals surface area contributed by atoms with Crippen molar-refractivity contribution in [1.29, 1.82) is 0 Å². The Morgan fingerprint density at radius 1 is 1.38 bits per heavy atom. The molecule has 24 heavy (non-hydrogen) atoms. The smallest absolute Gasteiger partial charge is 0.272 e. The number of nitrogens with one attached hydrogen (secondary N) is 1. The molecule has 0 bridgehead atoms. The fraction of sp³-hybridized carbons (Fsp3) is 0.375. The molecule has 0 radical (unpaired) electrons. The minimum absolute atomic E-state index is 0.0329. The number of nitrogens with zero attached hydrogens (tertiary/aromatic N) is 4. The van der Waals surface area contributed by atoms with Crippen LogP contribution in [0.2, 0.25) is 0 Å². The van der Waals surface area contributed by atoms with E-state index in [1.165, 1.54) is 21.9 Å². The van der Waals surface area contributed by atoms with Gasteiger partial charge in [0, 0.05) is 24.4 Å². The third-order valence-electron chi connectivity index (χ3n) is 4.35. The topological polar surface area (TPSA) is 83.4 Å². The summed E-state index contributed by atoms with van der Waals surface area (Å²) in [7, 11) is 0. The first-order chi connectivity index (χ1) is 11.6. The standard InChI is InChI=1S/C16H17N5O2S/c1-10-6-14-18-11(7-15(22)21(14)19-10)12-4-2-3-5-20(12)16(23)13-8-17-9-24-13/h6-9,12,19H,2-5H2,1H3/t12-/m0/s1. The highest BCUT2D eigenvalue weighted by atomic mass is 32.1. The second kappa shape index (κ2) is 5.86. The first kappa shape index (κ1) is 15.1. The van der Waals surface area contributed by atoms with Crippen molar-refractivity contribution in [1.82, 2.24) is 24.5 Å². The maximum Gasteiger partial charge on any atom is 0.272 e. The summed E-state index contributed by atoms with van der Waals surface area (Å²) in [6, 6.07) is 3.20. The maximum absolute atomic E-state index is 12.8. The van der Waals surface area contributed by atoms with E-state index in [4.69, 9.17) is 0 Å². The van der Waals surface area contributed by atoms with E-state index >= 15 is 0 Å². The Bertz CT molecular complexity index is 943. The largest absolute Gasteiger partial charge is 0.329 e. The first-order valence-electron chi connectivity index (χ1n) is 7.92. The van der Waals surface area contributed by atoms with Crippen molar-refractivity contribution < 1.29 is 4.79 Å². The Balaban J connectivity index is 1.75. The van der Waals surface area contributed by atoms with Crippen LogP contribution in [0.5, 0.6) is 0 Å². The molecule has 1 amide bonds. The number of thiazole rings is 1. The Labute approximate surface area is 142 Å². The summed E-state index contributed by atoms with van der Waals surface area (Å²) in [6.45, 7) is 2.56. The highest BCUT2D eigenvalue weighted by Crippen LogP contribution is 2.31. The molecule has 4 rings (SSSR count). The van der Waals surface area contributed by atoms with Gasteiger partial charge in [0.15, 0.2) is 5.65 Å². The van der Waals surface area contributed by atoms with Crippen molar-refractivity contribution in [3.8, 4) is 0 Å². The number of aromatic amines is 1. The Kier molecular flexibility index (Phi) is 3.68. The van der Waals surface area contributed by atoms with Crippen LogP contribution in [0.4, 0.5) is 0 Å². The molecule has 1 N–H and O–H groups in total. The number of piperidine rings is 1. The highest BCUT2D eigenvalue weighted by molar-refractivity contribution is 7.11. The highest BCUT2D eigenvalue weighted by Gasteiger charge is 2.31. The minimum Gasteiger partial charge on any atom is -0.329 e. The van der Waals surface area contributed by atoms with Crippen LogP contribution in [0, 0.1) is 6.92 Å². The molecule has 1 saturated heterocycles. The van der Waals surface area contributed by atoms with Crippen LogP contribution >= 0.6 is 11.3 Å². The van der Waals surface area contributed by atoms with E-state index in [-0.39, 0.29) is 17.5 Å². The Morgan fingerprint density at radius 2 is 2.25 bits per heavy atom. The number of aromatic nitrogens is 4. The van der Waals surface area contributed by atoms with E-state index in [9.17, 15) is 9.59 Å². The molecular weight excluding hydrogens is 326 g/mol. The molecule has 0 aliphatic carbocycles. The number of hydrogen-bond acceptors (Lipinski definition) is 5. The van der Waals surface area contributed by atoms with Crippen molar-refractivity contribution in [3.63, 3.8) is 0 Å². The van der Waals surface area contributed by atoms with Gasteiger partial charge in [-0.1, -0.05) is 0 Å². The van der Waals surface area contributed by atoms with E-state index in [0.29, 0.717) is 22.8 Å². The van der Waals surface area contributed by atoms with Crippen molar-refractivity contribution >= 4 is 22.9 Å². The van der Waals surface area contributed by atoms with Gasteiger partial charge in [-0.15, -0.1) is 11.3 Å². The zero-order chi connectivity index (χ0) is 16.7. The third-order valence-corrected chi connectivity index (χ3v) is 5.11. The summed E-state index contributed by atoms with van der Waals surface area (Å²) in [6.07, 6.45) is 4.39. The molecular formula is C16H17N5O2S. The van der Waals surface area contributed by atoms with Crippen LogP contribution < -0.4 is 5.56 Å². The lowest BCUT2D eigenvalue weighted by Crippen LogP contribution is -2.39. The summed E-state index contributed by atoms with van der Waals surface area (Å²) in [5, 5.41) is 2.97. The monoisotopic (exact) mass is 343 g/mol. The molecule has 0 unspecified atom stereocenters. The van der Waals surface area contributed by atoms with Crippen LogP contribution in [0.15, 0.2) is 28.6 Å². The fourth-order valence-corrected chi connectivity index (χ4v) is 3.82. The molecule has 8 heteroatoms. The molecule has 4 heterocycles. The SMILES string of the molecule is Cc1cc2nc([C@@H]3CCCCN3C(=O)c3cncs3)cc(=O)n2[nH]1. The molecule has 0 aromatic carbocycles. The zero-order valence-electron chi connectivity index (χ0n) is 13.2. The van der Waals surface area contributed by atoms with Gasteiger partial charge in [-0.2, -0.15) is 0 Å². The van der Waals surface area contributed by atoms with Gasteiger partial charge in [0.25, 0.3) is 11.5 Å². The molecule has 0 saturated carbocycles. The van der Waals surface area contributed by atoms with Crippen LogP contribution in [0.25, 0.3) is 5.65 Å². The van der Waals surface area contributed by atoms with Gasteiger partial charge in [-0.3, -0.25) is 19.7 Å². The average molecular weight is 343 g/mol. The third kappa shape index (κ3) is 2.52. The maximum atomic E-state index is 12.8. The van der Waals surface area contributed by atoms with Crippen molar-refractivity contribution in [2.45, 2.75) is 32.2 Å². The lowest BCUT2D eigenvalue weighted by atomic mass is 9.99. The summed E-state index contributed by atoms with van der Waals surface area (Å²) >= 11 is 1.34. The molecule has 1 atom stereocenters. The zero-order valence-corrected chi connectivity index (χ0v) is 14.0. The first-order valence-corrected chi connectivity index (χ1v) is 8.80. The van der Waals surface area contributed by atoms with Crippen LogP contribution in [-0.4, -0.2) is 36.9 Å². The van der Waals surface area contributed by atoms with Gasteiger partial charge >= 0.3 is 0 Å². The molecule has 1 fully saturated rings. The van der Waals surface area contributed by atoms with Crippen LogP contribution in [0.1, 0.15) is 46.4 Å². The number of rotatable bonds is 2. The van der Waals surface area contributed by atoms with Crippen molar-refractivity contribution in [2.24, 2.45) is 0 Å². The number of likely N-dealkylation sites (tertiary alicyclic amines) is 1. The van der Waals surface area contributed by atoms with E-state index in [1.54, 1.807) is 11.7 Å². The summed E-state index contributed by atoms with van der Waals surface area (Å²) < 4.78 is 1.43. The number of fused-ring (bicyclic) bond motifs is 1. The normalized spacial score (nSPS) is 18.2. The van der Waals surface area contributed by atoms with Crippen LogP contribution in [-0.2, 0) is 0 Å². The number of hydrogen-bond donors (Lipinski definition) is 1. The second-order valence-corrected chi connectivity index (χ2v) is 6.91. The van der Waals surface area contributed by atoms with Gasteiger partial charge in [-0.05, 0) is 26.2 Å². The van der Waals surface area contributed by atoms with Gasteiger partial charge in [0.1, 0.15) is 4.88 Å². The predicted octanol–water partition coefficient (Wildman–Crippen LogP) is 2.15. The average Bonchev–Trinajstić information content (AvgIpc) is 3.23. The van der Waals surface area contributed by atoms with Gasteiger partial charge in [0.05, 0.1) is 23.4 Å². The lowest BCUT2D eigenvalue weighted by Gasteiger charge is -2.35. The molecule has 3 aromatic rings.